The molecule has 118 valence electrons. The van der Waals surface area contributed by atoms with E-state index >= 15 is 0 Å². The Morgan fingerprint density at radius 1 is 1.20 bits per heavy atom. The maximum Gasteiger partial charge on any atom is 0.323 e. The summed E-state index contributed by atoms with van der Waals surface area (Å²) in [6.45, 7) is 8.06. The van der Waals surface area contributed by atoms with Crippen molar-refractivity contribution in [3.05, 3.63) is 0 Å². The molecule has 0 aliphatic carbocycles. The predicted molar refractivity (Wildman–Crippen MR) is 83.1 cm³/mol. The van der Waals surface area contributed by atoms with E-state index in [1.54, 1.807) is 0 Å². The number of rotatable bonds is 8. The molecule has 0 bridgehead atoms. The molecule has 1 saturated heterocycles. The molecule has 1 fully saturated rings. The van der Waals surface area contributed by atoms with Crippen molar-refractivity contribution in [1.82, 2.24) is 10.2 Å². The summed E-state index contributed by atoms with van der Waals surface area (Å²) in [7, 11) is 0. The highest BCUT2D eigenvalue weighted by molar-refractivity contribution is 5.78. The van der Waals surface area contributed by atoms with Crippen LogP contribution in [0.3, 0.4) is 0 Å². The fraction of sp³-hybridized carbons (Fsp3) is 0.938. The van der Waals surface area contributed by atoms with E-state index in [0.717, 1.165) is 25.9 Å². The number of carbonyl (C=O) groups is 1. The lowest BCUT2D eigenvalue weighted by molar-refractivity contribution is -0.144. The molecule has 4 heteroatoms. The summed E-state index contributed by atoms with van der Waals surface area (Å²) in [6, 6.07) is 0. The van der Waals surface area contributed by atoms with Gasteiger partial charge in [-0.25, -0.2) is 0 Å². The number of carboxylic acids is 1. The van der Waals surface area contributed by atoms with Gasteiger partial charge < -0.3 is 15.3 Å². The Kier molecular flexibility index (Phi) is 8.15. The van der Waals surface area contributed by atoms with Crippen LogP contribution in [0, 0.1) is 0 Å². The van der Waals surface area contributed by atoms with E-state index in [2.05, 4.69) is 17.1 Å². The molecule has 0 aromatic heterocycles. The Balaban J connectivity index is 2.33. The van der Waals surface area contributed by atoms with Gasteiger partial charge >= 0.3 is 5.97 Å². The molecule has 1 rings (SSSR count). The largest absolute Gasteiger partial charge is 0.480 e. The van der Waals surface area contributed by atoms with Gasteiger partial charge in [0.05, 0.1) is 0 Å². The van der Waals surface area contributed by atoms with Crippen LogP contribution >= 0.6 is 0 Å². The minimum Gasteiger partial charge on any atom is -0.480 e. The zero-order valence-corrected chi connectivity index (χ0v) is 13.3. The van der Waals surface area contributed by atoms with E-state index in [1.165, 1.54) is 45.2 Å². The van der Waals surface area contributed by atoms with Crippen LogP contribution in [0.25, 0.3) is 0 Å². The minimum atomic E-state index is -0.765. The lowest BCUT2D eigenvalue weighted by Gasteiger charge is -2.29. The van der Waals surface area contributed by atoms with E-state index in [9.17, 15) is 9.90 Å². The molecule has 0 saturated carbocycles. The summed E-state index contributed by atoms with van der Waals surface area (Å²) < 4.78 is 0. The molecule has 0 aromatic rings. The molecule has 1 heterocycles. The number of likely N-dealkylation sites (tertiary alicyclic amines) is 1. The van der Waals surface area contributed by atoms with Gasteiger partial charge in [0, 0.05) is 0 Å². The summed E-state index contributed by atoms with van der Waals surface area (Å²) in [5.41, 5.74) is -0.765. The quantitative estimate of drug-likeness (QED) is 0.719. The summed E-state index contributed by atoms with van der Waals surface area (Å²) in [5, 5.41) is 12.6. The molecule has 1 atom stereocenters. The third-order valence-corrected chi connectivity index (χ3v) is 4.34. The fourth-order valence-corrected chi connectivity index (χ4v) is 2.86. The van der Waals surface area contributed by atoms with E-state index in [1.807, 2.05) is 6.92 Å². The van der Waals surface area contributed by atoms with Crippen molar-refractivity contribution in [1.29, 1.82) is 0 Å². The number of hydrogen-bond donors (Lipinski definition) is 2. The maximum atomic E-state index is 11.4. The molecule has 20 heavy (non-hydrogen) atoms. The summed E-state index contributed by atoms with van der Waals surface area (Å²) in [4.78, 5) is 13.9. The highest BCUT2D eigenvalue weighted by Crippen LogP contribution is 2.15. The third-order valence-electron chi connectivity index (χ3n) is 4.34. The molecule has 1 unspecified atom stereocenters. The third kappa shape index (κ3) is 6.23. The van der Waals surface area contributed by atoms with E-state index in [4.69, 9.17) is 0 Å². The molecule has 0 spiro atoms. The van der Waals surface area contributed by atoms with E-state index in [-0.39, 0.29) is 0 Å². The standard InChI is InChI=1S/C16H32N2O2/c1-3-11-17-16(2,15(19)20)10-9-14-18-12-7-5-4-6-8-13-18/h17H,3-14H2,1-2H3,(H,19,20). The second-order valence-electron chi connectivity index (χ2n) is 6.28. The van der Waals surface area contributed by atoms with E-state index in [0.29, 0.717) is 6.42 Å². The van der Waals surface area contributed by atoms with Crippen LogP contribution in [0.5, 0.6) is 0 Å². The summed E-state index contributed by atoms with van der Waals surface area (Å²) >= 11 is 0. The van der Waals surface area contributed by atoms with Crippen LogP contribution in [0.4, 0.5) is 0 Å². The van der Waals surface area contributed by atoms with Crippen LogP contribution in [-0.4, -0.2) is 47.7 Å². The first-order valence-electron chi connectivity index (χ1n) is 8.29. The van der Waals surface area contributed by atoms with Gasteiger partial charge in [0.2, 0.25) is 0 Å². The second-order valence-corrected chi connectivity index (χ2v) is 6.28. The molecule has 1 aliphatic heterocycles. The van der Waals surface area contributed by atoms with Crippen molar-refractivity contribution in [2.75, 3.05) is 26.2 Å². The van der Waals surface area contributed by atoms with Crippen LogP contribution in [0.1, 0.15) is 65.2 Å². The van der Waals surface area contributed by atoms with Crippen LogP contribution in [0.15, 0.2) is 0 Å². The highest BCUT2D eigenvalue weighted by atomic mass is 16.4. The predicted octanol–water partition coefficient (Wildman–Crippen LogP) is 2.88. The molecule has 4 nitrogen and oxygen atoms in total. The zero-order chi connectivity index (χ0) is 14.8. The monoisotopic (exact) mass is 284 g/mol. The topological polar surface area (TPSA) is 52.6 Å². The average molecular weight is 284 g/mol. The molecule has 0 radical (unpaired) electrons. The second kappa shape index (κ2) is 9.35. The smallest absolute Gasteiger partial charge is 0.323 e. The molecule has 0 amide bonds. The van der Waals surface area contributed by atoms with Crippen LogP contribution in [0.2, 0.25) is 0 Å². The fourth-order valence-electron chi connectivity index (χ4n) is 2.86. The van der Waals surface area contributed by atoms with Crippen molar-refractivity contribution in [3.8, 4) is 0 Å². The first-order valence-corrected chi connectivity index (χ1v) is 8.29. The van der Waals surface area contributed by atoms with Gasteiger partial charge in [-0.2, -0.15) is 0 Å². The Bertz CT molecular complexity index is 276. The molecule has 0 aromatic carbocycles. The van der Waals surface area contributed by atoms with Crippen molar-refractivity contribution in [3.63, 3.8) is 0 Å². The highest BCUT2D eigenvalue weighted by Gasteiger charge is 2.31. The number of nitrogens with zero attached hydrogens (tertiary/aromatic N) is 1. The summed E-state index contributed by atoms with van der Waals surface area (Å²) in [5.74, 6) is -0.724. The van der Waals surface area contributed by atoms with Gasteiger partial charge in [0.15, 0.2) is 0 Å². The van der Waals surface area contributed by atoms with Crippen molar-refractivity contribution in [2.45, 2.75) is 70.8 Å². The number of hydrogen-bond acceptors (Lipinski definition) is 3. The van der Waals surface area contributed by atoms with Crippen molar-refractivity contribution < 1.29 is 9.90 Å². The van der Waals surface area contributed by atoms with Gasteiger partial charge in [0.25, 0.3) is 0 Å². The van der Waals surface area contributed by atoms with Crippen LogP contribution < -0.4 is 5.32 Å². The molecule has 2 N–H and O–H groups in total. The average Bonchev–Trinajstić information content (AvgIpc) is 2.38. The maximum absolute atomic E-state index is 11.4. The van der Waals surface area contributed by atoms with Gasteiger partial charge in [0.1, 0.15) is 5.54 Å². The first-order chi connectivity index (χ1) is 9.58. The Morgan fingerprint density at radius 3 is 2.35 bits per heavy atom. The number of carboxylic acid groups (broad SMARTS) is 1. The Morgan fingerprint density at radius 2 is 1.80 bits per heavy atom. The van der Waals surface area contributed by atoms with Gasteiger partial charge in [-0.15, -0.1) is 0 Å². The van der Waals surface area contributed by atoms with Crippen molar-refractivity contribution >= 4 is 5.97 Å². The van der Waals surface area contributed by atoms with Crippen LogP contribution in [-0.2, 0) is 4.79 Å². The molecule has 1 aliphatic rings. The molecular formula is C16H32N2O2. The first kappa shape index (κ1) is 17.4. The van der Waals surface area contributed by atoms with Gasteiger partial charge in [-0.1, -0.05) is 26.2 Å². The van der Waals surface area contributed by atoms with E-state index < -0.39 is 11.5 Å². The van der Waals surface area contributed by atoms with Gasteiger partial charge in [-0.05, 0) is 65.2 Å². The normalized spacial score (nSPS) is 20.9. The van der Waals surface area contributed by atoms with Crippen molar-refractivity contribution in [2.24, 2.45) is 0 Å². The zero-order valence-electron chi connectivity index (χ0n) is 13.3. The SMILES string of the molecule is CCCNC(C)(CCCN1CCCCCCC1)C(=O)O. The Hall–Kier alpha value is -0.610. The number of aliphatic carboxylic acids is 1. The minimum absolute atomic E-state index is 0.707. The lowest BCUT2D eigenvalue weighted by atomic mass is 9.95. The van der Waals surface area contributed by atoms with Gasteiger partial charge in [-0.3, -0.25) is 4.79 Å². The lowest BCUT2D eigenvalue weighted by Crippen LogP contribution is -2.50. The number of nitrogens with one attached hydrogen (secondary N) is 1. The molecular weight excluding hydrogens is 252 g/mol. The summed E-state index contributed by atoms with van der Waals surface area (Å²) in [6.07, 6.45) is 9.30. The Labute approximate surface area is 123 Å².